The number of carbonyl (C=O) groups excluding carboxylic acids is 1. The van der Waals surface area contributed by atoms with E-state index in [1.165, 1.54) is 6.07 Å². The van der Waals surface area contributed by atoms with Crippen LogP contribution in [0.2, 0.25) is 0 Å². The van der Waals surface area contributed by atoms with Crippen LogP contribution in [0.15, 0.2) is 18.2 Å². The first kappa shape index (κ1) is 11.1. The lowest BCUT2D eigenvalue weighted by atomic mass is 10.0. The molecule has 4 heteroatoms. The number of nitrogens with one attached hydrogen (secondary N) is 2. The van der Waals surface area contributed by atoms with Crippen LogP contribution in [0.25, 0.3) is 0 Å². The average molecular weight is 222 g/mol. The van der Waals surface area contributed by atoms with E-state index >= 15 is 0 Å². The van der Waals surface area contributed by atoms with Gasteiger partial charge in [0.2, 0.25) is 5.91 Å². The third-order valence-electron chi connectivity index (χ3n) is 2.79. The van der Waals surface area contributed by atoms with E-state index in [1.54, 1.807) is 19.1 Å². The fourth-order valence-electron chi connectivity index (χ4n) is 1.88. The highest BCUT2D eigenvalue weighted by atomic mass is 19.1. The minimum absolute atomic E-state index is 0.0511. The second kappa shape index (κ2) is 4.22. The van der Waals surface area contributed by atoms with Crippen LogP contribution < -0.4 is 10.6 Å². The van der Waals surface area contributed by atoms with Crippen LogP contribution in [0.5, 0.6) is 0 Å². The maximum absolute atomic E-state index is 13.1. The summed E-state index contributed by atoms with van der Waals surface area (Å²) in [6, 6.07) is 4.54. The van der Waals surface area contributed by atoms with Crippen LogP contribution in [0.1, 0.15) is 24.1 Å². The van der Waals surface area contributed by atoms with E-state index in [-0.39, 0.29) is 23.8 Å². The Balaban J connectivity index is 2.24. The van der Waals surface area contributed by atoms with Gasteiger partial charge in [0.1, 0.15) is 11.9 Å². The molecule has 1 aromatic carbocycles. The van der Waals surface area contributed by atoms with Gasteiger partial charge in [0.25, 0.3) is 0 Å². The van der Waals surface area contributed by atoms with Crippen molar-refractivity contribution in [3.05, 3.63) is 35.1 Å². The van der Waals surface area contributed by atoms with Gasteiger partial charge in [-0.05, 0) is 31.0 Å². The fourth-order valence-corrected chi connectivity index (χ4v) is 1.88. The Morgan fingerprint density at radius 1 is 1.44 bits per heavy atom. The third-order valence-corrected chi connectivity index (χ3v) is 2.79. The van der Waals surface area contributed by atoms with E-state index in [9.17, 15) is 9.18 Å². The van der Waals surface area contributed by atoms with Gasteiger partial charge in [0, 0.05) is 12.6 Å². The molecular formula is C12H15FN2O. The number of piperazine rings is 1. The second-order valence-corrected chi connectivity index (χ2v) is 4.26. The molecule has 1 fully saturated rings. The summed E-state index contributed by atoms with van der Waals surface area (Å²) >= 11 is 0. The Kier molecular flexibility index (Phi) is 2.92. The Morgan fingerprint density at radius 3 is 2.81 bits per heavy atom. The lowest BCUT2D eigenvalue weighted by Crippen LogP contribution is -2.52. The molecule has 1 aliphatic heterocycles. The maximum atomic E-state index is 13.1. The van der Waals surface area contributed by atoms with E-state index in [2.05, 4.69) is 10.6 Å². The van der Waals surface area contributed by atoms with Crippen molar-refractivity contribution in [2.24, 2.45) is 0 Å². The Hall–Kier alpha value is -1.42. The molecule has 0 aromatic heterocycles. The zero-order valence-corrected chi connectivity index (χ0v) is 9.38. The quantitative estimate of drug-likeness (QED) is 0.751. The van der Waals surface area contributed by atoms with Gasteiger partial charge in [0.05, 0.1) is 0 Å². The molecule has 1 saturated heterocycles. The minimum atomic E-state index is -0.365. The molecule has 1 aliphatic rings. The normalized spacial score (nSPS) is 25.3. The standard InChI is InChI=1S/C12H15FN2O/c1-7-5-9(3-4-10(7)13)11-12(16)15-8(2)6-14-11/h3-5,8,11,14H,6H2,1-2H3,(H,15,16). The first-order chi connectivity index (χ1) is 7.58. The Morgan fingerprint density at radius 2 is 2.19 bits per heavy atom. The molecule has 1 heterocycles. The van der Waals surface area contributed by atoms with E-state index in [0.717, 1.165) is 12.1 Å². The summed E-state index contributed by atoms with van der Waals surface area (Å²) in [5, 5.41) is 6.01. The highest BCUT2D eigenvalue weighted by molar-refractivity contribution is 5.84. The molecule has 2 rings (SSSR count). The summed E-state index contributed by atoms with van der Waals surface area (Å²) in [4.78, 5) is 11.7. The van der Waals surface area contributed by atoms with E-state index in [1.807, 2.05) is 6.92 Å². The molecule has 0 saturated carbocycles. The average Bonchev–Trinajstić information content (AvgIpc) is 2.22. The molecule has 2 atom stereocenters. The summed E-state index contributed by atoms with van der Waals surface area (Å²) in [5.41, 5.74) is 1.37. The molecule has 1 amide bonds. The molecule has 0 radical (unpaired) electrons. The lowest BCUT2D eigenvalue weighted by molar-refractivity contribution is -0.125. The van der Waals surface area contributed by atoms with E-state index in [4.69, 9.17) is 0 Å². The number of rotatable bonds is 1. The number of hydrogen-bond donors (Lipinski definition) is 2. The van der Waals surface area contributed by atoms with Gasteiger partial charge in [-0.3, -0.25) is 4.79 Å². The van der Waals surface area contributed by atoms with Crippen LogP contribution >= 0.6 is 0 Å². The van der Waals surface area contributed by atoms with Gasteiger partial charge in [-0.1, -0.05) is 12.1 Å². The van der Waals surface area contributed by atoms with Crippen molar-refractivity contribution in [3.63, 3.8) is 0 Å². The first-order valence-electron chi connectivity index (χ1n) is 5.37. The Bertz CT molecular complexity index is 419. The molecule has 1 aromatic rings. The summed E-state index contributed by atoms with van der Waals surface area (Å²) in [7, 11) is 0. The van der Waals surface area contributed by atoms with Gasteiger partial charge < -0.3 is 10.6 Å². The molecule has 86 valence electrons. The van der Waals surface area contributed by atoms with Crippen LogP contribution in [0, 0.1) is 12.7 Å². The number of hydrogen-bond acceptors (Lipinski definition) is 2. The number of aryl methyl sites for hydroxylation is 1. The van der Waals surface area contributed by atoms with Gasteiger partial charge in [0.15, 0.2) is 0 Å². The highest BCUT2D eigenvalue weighted by Gasteiger charge is 2.26. The molecule has 0 aliphatic carbocycles. The van der Waals surface area contributed by atoms with Crippen LogP contribution in [0.4, 0.5) is 4.39 Å². The summed E-state index contributed by atoms with van der Waals surface area (Å²) in [6.07, 6.45) is 0. The van der Waals surface area contributed by atoms with E-state index in [0.29, 0.717) is 5.56 Å². The van der Waals surface area contributed by atoms with Crippen molar-refractivity contribution < 1.29 is 9.18 Å². The van der Waals surface area contributed by atoms with Gasteiger partial charge >= 0.3 is 0 Å². The van der Waals surface area contributed by atoms with Crippen molar-refractivity contribution in [1.29, 1.82) is 0 Å². The van der Waals surface area contributed by atoms with Crippen LogP contribution in [-0.4, -0.2) is 18.5 Å². The topological polar surface area (TPSA) is 41.1 Å². The predicted octanol–water partition coefficient (Wildman–Crippen LogP) is 1.28. The van der Waals surface area contributed by atoms with Crippen molar-refractivity contribution in [3.8, 4) is 0 Å². The first-order valence-corrected chi connectivity index (χ1v) is 5.37. The zero-order chi connectivity index (χ0) is 11.7. The van der Waals surface area contributed by atoms with Crippen LogP contribution in [0.3, 0.4) is 0 Å². The maximum Gasteiger partial charge on any atom is 0.241 e. The number of benzene rings is 1. The third kappa shape index (κ3) is 2.07. The zero-order valence-electron chi connectivity index (χ0n) is 9.38. The minimum Gasteiger partial charge on any atom is -0.351 e. The van der Waals surface area contributed by atoms with Gasteiger partial charge in [-0.2, -0.15) is 0 Å². The monoisotopic (exact) mass is 222 g/mol. The Labute approximate surface area is 94.0 Å². The molecule has 2 N–H and O–H groups in total. The second-order valence-electron chi connectivity index (χ2n) is 4.26. The number of halogens is 1. The van der Waals surface area contributed by atoms with Gasteiger partial charge in [-0.15, -0.1) is 0 Å². The summed E-state index contributed by atoms with van der Waals surface area (Å²) in [5.74, 6) is -0.293. The summed E-state index contributed by atoms with van der Waals surface area (Å²) < 4.78 is 13.1. The molecule has 3 nitrogen and oxygen atoms in total. The molecule has 16 heavy (non-hydrogen) atoms. The van der Waals surface area contributed by atoms with Crippen molar-refractivity contribution in [1.82, 2.24) is 10.6 Å². The van der Waals surface area contributed by atoms with Gasteiger partial charge in [-0.25, -0.2) is 4.39 Å². The smallest absolute Gasteiger partial charge is 0.241 e. The van der Waals surface area contributed by atoms with Crippen molar-refractivity contribution >= 4 is 5.91 Å². The largest absolute Gasteiger partial charge is 0.351 e. The van der Waals surface area contributed by atoms with Crippen LogP contribution in [-0.2, 0) is 4.79 Å². The summed E-state index contributed by atoms with van der Waals surface area (Å²) in [6.45, 7) is 4.37. The van der Waals surface area contributed by atoms with E-state index < -0.39 is 0 Å². The molecular weight excluding hydrogens is 207 g/mol. The van der Waals surface area contributed by atoms with Crippen molar-refractivity contribution in [2.75, 3.05) is 6.54 Å². The van der Waals surface area contributed by atoms with Crippen molar-refractivity contribution in [2.45, 2.75) is 25.9 Å². The fraction of sp³-hybridized carbons (Fsp3) is 0.417. The number of carbonyl (C=O) groups is 1. The SMILES string of the molecule is Cc1cc(C2NCC(C)NC2=O)ccc1F. The molecule has 0 spiro atoms. The predicted molar refractivity (Wildman–Crippen MR) is 59.5 cm³/mol. The molecule has 2 unspecified atom stereocenters. The highest BCUT2D eigenvalue weighted by Crippen LogP contribution is 2.18. The molecule has 0 bridgehead atoms. The lowest BCUT2D eigenvalue weighted by Gasteiger charge is -2.28. The number of amides is 1.